The Bertz CT molecular complexity index is 1350. The van der Waals surface area contributed by atoms with Gasteiger partial charge in [-0.3, -0.25) is 14.9 Å². The lowest BCUT2D eigenvalue weighted by Crippen LogP contribution is -2.30. The molecule has 3 aromatic rings. The molecule has 2 N–H and O–H groups in total. The summed E-state index contributed by atoms with van der Waals surface area (Å²) < 4.78 is 40.6. The zero-order valence-corrected chi connectivity index (χ0v) is 21.0. The number of nitrogens with one attached hydrogen (secondary N) is 2. The van der Waals surface area contributed by atoms with Crippen LogP contribution in [-0.2, 0) is 14.8 Å². The van der Waals surface area contributed by atoms with Gasteiger partial charge in [0.15, 0.2) is 5.69 Å². The maximum absolute atomic E-state index is 13.0. The van der Waals surface area contributed by atoms with Gasteiger partial charge in [-0.2, -0.15) is 9.78 Å². The van der Waals surface area contributed by atoms with Crippen LogP contribution in [0.25, 0.3) is 5.69 Å². The molecule has 0 spiro atoms. The first kappa shape index (κ1) is 26.8. The van der Waals surface area contributed by atoms with E-state index in [4.69, 9.17) is 9.47 Å². The molecule has 1 heterocycles. The summed E-state index contributed by atoms with van der Waals surface area (Å²) in [7, 11) is -2.81. The number of nitro groups is 1. The van der Waals surface area contributed by atoms with Gasteiger partial charge in [0.2, 0.25) is 15.9 Å². The van der Waals surface area contributed by atoms with Crippen LogP contribution in [0.4, 0.5) is 5.69 Å². The third-order valence-electron chi connectivity index (χ3n) is 4.94. The van der Waals surface area contributed by atoms with Gasteiger partial charge in [0.25, 0.3) is 11.6 Å². The van der Waals surface area contributed by atoms with E-state index in [9.17, 15) is 23.3 Å². The van der Waals surface area contributed by atoms with E-state index in [-0.39, 0.29) is 36.5 Å². The van der Waals surface area contributed by atoms with Gasteiger partial charge in [-0.1, -0.05) is 18.2 Å². The molecular formula is C23H27N5O7S. The lowest BCUT2D eigenvalue weighted by Gasteiger charge is -2.14. The van der Waals surface area contributed by atoms with E-state index in [1.54, 1.807) is 37.3 Å². The first-order valence-corrected chi connectivity index (χ1v) is 12.4. The second kappa shape index (κ2) is 11.3. The predicted octanol–water partition coefficient (Wildman–Crippen LogP) is 2.94. The van der Waals surface area contributed by atoms with Crippen molar-refractivity contribution in [3.05, 3.63) is 69.9 Å². The quantitative estimate of drug-likeness (QED) is 0.223. The second-order valence-corrected chi connectivity index (χ2v) is 9.77. The van der Waals surface area contributed by atoms with Crippen LogP contribution < -0.4 is 14.8 Å². The largest absolute Gasteiger partial charge is 0.437 e. The SMILES string of the molecule is COCCNS(=O)(=O)c1cc([N+](=O)[O-])ccc1Oc1c(C)c(C(=O)NC(C)C)nn1-c1ccccc1. The van der Waals surface area contributed by atoms with Crippen LogP contribution in [0, 0.1) is 17.0 Å². The fourth-order valence-electron chi connectivity index (χ4n) is 3.26. The monoisotopic (exact) mass is 517 g/mol. The molecule has 2 aromatic carbocycles. The number of nitro benzene ring substituents is 1. The highest BCUT2D eigenvalue weighted by Crippen LogP contribution is 2.35. The highest BCUT2D eigenvalue weighted by atomic mass is 32.2. The van der Waals surface area contributed by atoms with Crippen molar-refractivity contribution in [1.82, 2.24) is 19.8 Å². The van der Waals surface area contributed by atoms with Crippen LogP contribution in [0.5, 0.6) is 11.6 Å². The normalized spacial score (nSPS) is 11.5. The minimum atomic E-state index is -4.22. The van der Waals surface area contributed by atoms with E-state index in [0.717, 1.165) is 12.1 Å². The highest BCUT2D eigenvalue weighted by molar-refractivity contribution is 7.89. The smallest absolute Gasteiger partial charge is 0.272 e. The average molecular weight is 518 g/mol. The van der Waals surface area contributed by atoms with Crippen molar-refractivity contribution in [3.8, 4) is 17.3 Å². The Morgan fingerprint density at radius 2 is 1.89 bits per heavy atom. The van der Waals surface area contributed by atoms with Gasteiger partial charge in [-0.25, -0.2) is 13.1 Å². The van der Waals surface area contributed by atoms with Gasteiger partial charge in [-0.15, -0.1) is 0 Å². The molecule has 0 aliphatic carbocycles. The Labute approximate surface area is 208 Å². The minimum absolute atomic E-state index is 0.0541. The third-order valence-corrected chi connectivity index (χ3v) is 6.42. The van der Waals surface area contributed by atoms with Gasteiger partial charge >= 0.3 is 0 Å². The molecule has 0 atom stereocenters. The summed E-state index contributed by atoms with van der Waals surface area (Å²) in [6.07, 6.45) is 0. The van der Waals surface area contributed by atoms with Crippen molar-refractivity contribution < 1.29 is 27.6 Å². The van der Waals surface area contributed by atoms with E-state index in [1.807, 2.05) is 13.8 Å². The van der Waals surface area contributed by atoms with Crippen molar-refractivity contribution >= 4 is 21.6 Å². The molecule has 12 nitrogen and oxygen atoms in total. The maximum Gasteiger partial charge on any atom is 0.272 e. The number of para-hydroxylation sites is 1. The van der Waals surface area contributed by atoms with Crippen LogP contribution in [0.3, 0.4) is 0 Å². The molecule has 0 saturated carbocycles. The van der Waals surface area contributed by atoms with Gasteiger partial charge < -0.3 is 14.8 Å². The fraction of sp³-hybridized carbons (Fsp3) is 0.304. The number of carbonyl (C=O) groups is 1. The highest BCUT2D eigenvalue weighted by Gasteiger charge is 2.28. The predicted molar refractivity (Wildman–Crippen MR) is 131 cm³/mol. The van der Waals surface area contributed by atoms with Crippen molar-refractivity contribution in [2.45, 2.75) is 31.7 Å². The molecule has 3 rings (SSSR count). The third kappa shape index (κ3) is 6.05. The zero-order valence-electron chi connectivity index (χ0n) is 20.2. The number of hydrogen-bond donors (Lipinski definition) is 2. The Kier molecular flexibility index (Phi) is 8.40. The summed E-state index contributed by atoms with van der Waals surface area (Å²) in [6, 6.07) is 11.9. The van der Waals surface area contributed by atoms with Crippen LogP contribution in [0.1, 0.15) is 29.9 Å². The van der Waals surface area contributed by atoms with Crippen molar-refractivity contribution in [3.63, 3.8) is 0 Å². The van der Waals surface area contributed by atoms with Crippen molar-refractivity contribution in [1.29, 1.82) is 0 Å². The number of carbonyl (C=O) groups excluding carboxylic acids is 1. The molecule has 0 aliphatic heterocycles. The van der Waals surface area contributed by atoms with E-state index >= 15 is 0 Å². The van der Waals surface area contributed by atoms with Gasteiger partial charge in [0.1, 0.15) is 10.6 Å². The van der Waals surface area contributed by atoms with E-state index < -0.39 is 31.4 Å². The zero-order chi connectivity index (χ0) is 26.5. The van der Waals surface area contributed by atoms with Crippen LogP contribution in [0.15, 0.2) is 53.4 Å². The summed E-state index contributed by atoms with van der Waals surface area (Å²) in [4.78, 5) is 23.0. The molecule has 0 bridgehead atoms. The number of benzene rings is 2. The lowest BCUT2D eigenvalue weighted by molar-refractivity contribution is -0.385. The van der Waals surface area contributed by atoms with Gasteiger partial charge in [0.05, 0.1) is 17.2 Å². The summed E-state index contributed by atoms with van der Waals surface area (Å²) in [5.41, 5.74) is 0.571. The number of hydrogen-bond acceptors (Lipinski definition) is 8. The Hall–Kier alpha value is -3.81. The summed E-state index contributed by atoms with van der Waals surface area (Å²) >= 11 is 0. The molecule has 0 radical (unpaired) electrons. The number of ether oxygens (including phenoxy) is 2. The van der Waals surface area contributed by atoms with E-state index in [0.29, 0.717) is 11.3 Å². The fourth-order valence-corrected chi connectivity index (χ4v) is 4.41. The maximum atomic E-state index is 13.0. The van der Waals surface area contributed by atoms with Crippen LogP contribution in [-0.4, -0.2) is 55.3 Å². The minimum Gasteiger partial charge on any atom is -0.437 e. The summed E-state index contributed by atoms with van der Waals surface area (Å²) in [5.74, 6) is -0.529. The van der Waals surface area contributed by atoms with Crippen molar-refractivity contribution in [2.75, 3.05) is 20.3 Å². The first-order valence-electron chi connectivity index (χ1n) is 11.0. The van der Waals surface area contributed by atoms with E-state index in [1.165, 1.54) is 17.9 Å². The molecule has 0 fully saturated rings. The molecule has 13 heteroatoms. The average Bonchev–Trinajstić information content (AvgIpc) is 3.15. The number of amides is 1. The number of methoxy groups -OCH3 is 1. The van der Waals surface area contributed by atoms with E-state index in [2.05, 4.69) is 15.1 Å². The lowest BCUT2D eigenvalue weighted by atomic mass is 10.2. The number of rotatable bonds is 11. The Morgan fingerprint density at radius 3 is 2.50 bits per heavy atom. The standard InChI is InChI=1S/C23H27N5O7S/c1-15(2)25-22(29)21-16(3)23(27(26-21)17-8-6-5-7-9-17)35-19-11-10-18(28(30)31)14-20(19)36(32,33)24-12-13-34-4/h5-11,14-15,24H,12-13H2,1-4H3,(H,25,29). The van der Waals surface area contributed by atoms with Crippen LogP contribution in [0.2, 0.25) is 0 Å². The van der Waals surface area contributed by atoms with Gasteiger partial charge in [-0.05, 0) is 39.0 Å². The molecule has 36 heavy (non-hydrogen) atoms. The van der Waals surface area contributed by atoms with Crippen LogP contribution >= 0.6 is 0 Å². The first-order chi connectivity index (χ1) is 17.0. The topological polar surface area (TPSA) is 155 Å². The molecule has 0 saturated heterocycles. The molecule has 192 valence electrons. The van der Waals surface area contributed by atoms with Gasteiger partial charge in [0, 0.05) is 37.4 Å². The Morgan fingerprint density at radius 1 is 1.19 bits per heavy atom. The molecule has 0 aliphatic rings. The summed E-state index contributed by atoms with van der Waals surface area (Å²) in [5, 5.41) is 18.5. The second-order valence-electron chi connectivity index (χ2n) is 8.04. The molecular weight excluding hydrogens is 490 g/mol. The number of aromatic nitrogens is 2. The Balaban J connectivity index is 2.15. The number of sulfonamides is 1. The number of nitrogens with zero attached hydrogens (tertiary/aromatic N) is 3. The molecule has 1 amide bonds. The molecule has 1 aromatic heterocycles. The number of non-ortho nitro benzene ring substituents is 1. The van der Waals surface area contributed by atoms with Crippen molar-refractivity contribution in [2.24, 2.45) is 0 Å². The molecule has 0 unspecified atom stereocenters. The summed E-state index contributed by atoms with van der Waals surface area (Å²) in [6.45, 7) is 5.28.